The van der Waals surface area contributed by atoms with Crippen LogP contribution in [0.3, 0.4) is 0 Å². The molecule has 1 N–H and O–H groups in total. The van der Waals surface area contributed by atoms with Crippen LogP contribution in [0.2, 0.25) is 0 Å². The molecule has 0 bridgehead atoms. The number of aliphatic carboxylic acids is 1. The molecule has 1 aliphatic rings. The molecule has 1 aromatic rings. The van der Waals surface area contributed by atoms with E-state index < -0.39 is 5.97 Å². The van der Waals surface area contributed by atoms with E-state index in [4.69, 9.17) is 10.4 Å². The highest BCUT2D eigenvalue weighted by atomic mass is 16.4. The second-order valence-corrected chi connectivity index (χ2v) is 5.05. The van der Waals surface area contributed by atoms with Crippen LogP contribution >= 0.6 is 0 Å². The van der Waals surface area contributed by atoms with Crippen molar-refractivity contribution in [2.45, 2.75) is 19.3 Å². The normalized spacial score (nSPS) is 18.4. The zero-order chi connectivity index (χ0) is 14.5. The molecule has 0 saturated carbocycles. The van der Waals surface area contributed by atoms with E-state index in [2.05, 4.69) is 0 Å². The topological polar surface area (TPSA) is 81.4 Å². The van der Waals surface area contributed by atoms with Crippen molar-refractivity contribution in [3.8, 4) is 6.07 Å². The van der Waals surface area contributed by atoms with Gasteiger partial charge in [0.15, 0.2) is 0 Å². The van der Waals surface area contributed by atoms with Gasteiger partial charge in [0.25, 0.3) is 5.91 Å². The first-order chi connectivity index (χ1) is 9.60. The Kier molecular flexibility index (Phi) is 4.36. The SMILES string of the molecule is N#Cc1cccc(C(=O)N2CCCC(CC(=O)O)C2)c1. The Morgan fingerprint density at radius 3 is 2.95 bits per heavy atom. The van der Waals surface area contributed by atoms with E-state index in [0.29, 0.717) is 24.2 Å². The summed E-state index contributed by atoms with van der Waals surface area (Å²) in [4.78, 5) is 24.8. The minimum Gasteiger partial charge on any atom is -0.481 e. The number of carbonyl (C=O) groups excluding carboxylic acids is 1. The summed E-state index contributed by atoms with van der Waals surface area (Å²) in [6, 6.07) is 8.61. The molecule has 0 radical (unpaired) electrons. The van der Waals surface area contributed by atoms with Gasteiger partial charge >= 0.3 is 5.97 Å². The first-order valence-electron chi connectivity index (χ1n) is 6.61. The molecule has 0 aliphatic carbocycles. The highest BCUT2D eigenvalue weighted by molar-refractivity contribution is 5.94. The number of likely N-dealkylation sites (tertiary alicyclic amines) is 1. The predicted octanol–water partition coefficient (Wildman–Crippen LogP) is 1.89. The van der Waals surface area contributed by atoms with Crippen LogP contribution in [0.25, 0.3) is 0 Å². The molecule has 1 amide bonds. The average Bonchev–Trinajstić information content (AvgIpc) is 2.46. The van der Waals surface area contributed by atoms with E-state index in [9.17, 15) is 9.59 Å². The van der Waals surface area contributed by atoms with Crippen molar-refractivity contribution >= 4 is 11.9 Å². The van der Waals surface area contributed by atoms with E-state index in [1.807, 2.05) is 6.07 Å². The standard InChI is InChI=1S/C15H16N2O3/c16-9-11-3-1-5-13(7-11)15(20)17-6-2-4-12(10-17)8-14(18)19/h1,3,5,7,12H,2,4,6,8,10H2,(H,18,19). The van der Waals surface area contributed by atoms with Gasteiger partial charge in [0.2, 0.25) is 0 Å². The third-order valence-corrected chi connectivity index (χ3v) is 3.51. The van der Waals surface area contributed by atoms with Gasteiger partial charge in [-0.2, -0.15) is 5.26 Å². The molecule has 1 fully saturated rings. The van der Waals surface area contributed by atoms with Crippen molar-refractivity contribution in [1.82, 2.24) is 4.90 Å². The largest absolute Gasteiger partial charge is 0.481 e. The van der Waals surface area contributed by atoms with Gasteiger partial charge in [-0.05, 0) is 37.0 Å². The first-order valence-corrected chi connectivity index (χ1v) is 6.61. The summed E-state index contributed by atoms with van der Waals surface area (Å²) in [7, 11) is 0. The zero-order valence-corrected chi connectivity index (χ0v) is 11.1. The molecule has 1 aliphatic heterocycles. The van der Waals surface area contributed by atoms with Gasteiger partial charge in [0, 0.05) is 25.1 Å². The van der Waals surface area contributed by atoms with Gasteiger partial charge in [0.1, 0.15) is 0 Å². The van der Waals surface area contributed by atoms with Gasteiger partial charge in [0.05, 0.1) is 11.6 Å². The van der Waals surface area contributed by atoms with Crippen LogP contribution in [0.15, 0.2) is 24.3 Å². The lowest BCUT2D eigenvalue weighted by Gasteiger charge is -2.32. The van der Waals surface area contributed by atoms with Crippen LogP contribution in [0.5, 0.6) is 0 Å². The van der Waals surface area contributed by atoms with E-state index in [-0.39, 0.29) is 18.2 Å². The Bertz CT molecular complexity index is 562. The molecule has 1 aromatic carbocycles. The predicted molar refractivity (Wildman–Crippen MR) is 72.0 cm³/mol. The number of hydrogen-bond donors (Lipinski definition) is 1. The number of carbonyl (C=O) groups is 2. The Balaban J connectivity index is 2.08. The van der Waals surface area contributed by atoms with E-state index >= 15 is 0 Å². The van der Waals surface area contributed by atoms with Crippen LogP contribution in [0.4, 0.5) is 0 Å². The fourth-order valence-corrected chi connectivity index (χ4v) is 2.57. The molecular weight excluding hydrogens is 256 g/mol. The number of nitriles is 1. The smallest absolute Gasteiger partial charge is 0.303 e. The summed E-state index contributed by atoms with van der Waals surface area (Å²) in [6.07, 6.45) is 1.76. The Hall–Kier alpha value is -2.35. The van der Waals surface area contributed by atoms with Crippen LogP contribution in [-0.4, -0.2) is 35.0 Å². The average molecular weight is 272 g/mol. The van der Waals surface area contributed by atoms with Crippen LogP contribution in [-0.2, 0) is 4.79 Å². The quantitative estimate of drug-likeness (QED) is 0.911. The number of nitrogens with zero attached hydrogens (tertiary/aromatic N) is 2. The molecule has 1 unspecified atom stereocenters. The maximum Gasteiger partial charge on any atom is 0.303 e. The third kappa shape index (κ3) is 3.35. The molecule has 1 heterocycles. The van der Waals surface area contributed by atoms with E-state index in [1.54, 1.807) is 29.2 Å². The second kappa shape index (κ2) is 6.20. The third-order valence-electron chi connectivity index (χ3n) is 3.51. The Labute approximate surface area is 117 Å². The molecule has 104 valence electrons. The number of hydrogen-bond acceptors (Lipinski definition) is 3. The lowest BCUT2D eigenvalue weighted by molar-refractivity contribution is -0.138. The highest BCUT2D eigenvalue weighted by Crippen LogP contribution is 2.21. The fraction of sp³-hybridized carbons (Fsp3) is 0.400. The summed E-state index contributed by atoms with van der Waals surface area (Å²) in [5.74, 6) is -0.933. The van der Waals surface area contributed by atoms with E-state index in [0.717, 1.165) is 12.8 Å². The number of rotatable bonds is 3. The molecule has 5 heteroatoms. The van der Waals surface area contributed by atoms with Crippen molar-refractivity contribution in [1.29, 1.82) is 5.26 Å². The van der Waals surface area contributed by atoms with Gasteiger partial charge in [-0.3, -0.25) is 9.59 Å². The lowest BCUT2D eigenvalue weighted by Crippen LogP contribution is -2.40. The van der Waals surface area contributed by atoms with Gasteiger partial charge in [-0.1, -0.05) is 6.07 Å². The van der Waals surface area contributed by atoms with Crippen LogP contribution in [0.1, 0.15) is 35.2 Å². The molecule has 1 saturated heterocycles. The molecule has 20 heavy (non-hydrogen) atoms. The summed E-state index contributed by atoms with van der Waals surface area (Å²) in [6.45, 7) is 1.12. The van der Waals surface area contributed by atoms with Gasteiger partial charge in [-0.15, -0.1) is 0 Å². The highest BCUT2D eigenvalue weighted by Gasteiger charge is 2.25. The zero-order valence-electron chi connectivity index (χ0n) is 11.1. The number of carboxylic acids is 1. The fourth-order valence-electron chi connectivity index (χ4n) is 2.57. The molecular formula is C15H16N2O3. The Morgan fingerprint density at radius 2 is 2.25 bits per heavy atom. The first kappa shape index (κ1) is 14.1. The van der Waals surface area contributed by atoms with Crippen molar-refractivity contribution < 1.29 is 14.7 Å². The van der Waals surface area contributed by atoms with Crippen molar-refractivity contribution in [2.24, 2.45) is 5.92 Å². The summed E-state index contributed by atoms with van der Waals surface area (Å²) < 4.78 is 0. The number of carboxylic acid groups (broad SMARTS) is 1. The van der Waals surface area contributed by atoms with Crippen molar-refractivity contribution in [3.05, 3.63) is 35.4 Å². The maximum atomic E-state index is 12.4. The van der Waals surface area contributed by atoms with E-state index in [1.165, 1.54) is 0 Å². The van der Waals surface area contributed by atoms with Crippen LogP contribution < -0.4 is 0 Å². The van der Waals surface area contributed by atoms with Crippen LogP contribution in [0, 0.1) is 17.2 Å². The van der Waals surface area contributed by atoms with Gasteiger partial charge in [-0.25, -0.2) is 0 Å². The lowest BCUT2D eigenvalue weighted by atomic mass is 9.94. The maximum absolute atomic E-state index is 12.4. The van der Waals surface area contributed by atoms with Gasteiger partial charge < -0.3 is 10.0 Å². The molecule has 0 spiro atoms. The number of amides is 1. The Morgan fingerprint density at radius 1 is 1.45 bits per heavy atom. The molecule has 2 rings (SSSR count). The minimum absolute atomic E-state index is 0.0179. The number of benzene rings is 1. The van der Waals surface area contributed by atoms with Crippen molar-refractivity contribution in [3.63, 3.8) is 0 Å². The molecule has 0 aromatic heterocycles. The molecule has 1 atom stereocenters. The van der Waals surface area contributed by atoms with Crippen molar-refractivity contribution in [2.75, 3.05) is 13.1 Å². The summed E-state index contributed by atoms with van der Waals surface area (Å²) in [5, 5.41) is 17.7. The number of piperidine rings is 1. The minimum atomic E-state index is -0.823. The summed E-state index contributed by atoms with van der Waals surface area (Å²) in [5.41, 5.74) is 0.940. The summed E-state index contributed by atoms with van der Waals surface area (Å²) >= 11 is 0. The molecule has 5 nitrogen and oxygen atoms in total. The second-order valence-electron chi connectivity index (χ2n) is 5.05. The monoisotopic (exact) mass is 272 g/mol.